The lowest BCUT2D eigenvalue weighted by Gasteiger charge is -2.26. The zero-order valence-electron chi connectivity index (χ0n) is 11.1. The third-order valence-corrected chi connectivity index (χ3v) is 2.91. The van der Waals surface area contributed by atoms with Gasteiger partial charge in [-0.25, -0.2) is 0 Å². The van der Waals surface area contributed by atoms with Gasteiger partial charge in [0.2, 0.25) is 0 Å². The zero-order chi connectivity index (χ0) is 13.8. The second-order valence-corrected chi connectivity index (χ2v) is 5.44. The maximum absolute atomic E-state index is 11.7. The Morgan fingerprint density at radius 3 is 2.44 bits per heavy atom. The first-order valence-corrected chi connectivity index (χ1v) is 6.45. The minimum absolute atomic E-state index is 0.350. The Bertz CT molecular complexity index is 401. The molecule has 0 radical (unpaired) electrons. The summed E-state index contributed by atoms with van der Waals surface area (Å²) in [7, 11) is 0. The van der Waals surface area contributed by atoms with Crippen LogP contribution in [-0.2, 0) is 16.0 Å². The summed E-state index contributed by atoms with van der Waals surface area (Å²) >= 11 is 5.83. The van der Waals surface area contributed by atoms with E-state index in [0.717, 1.165) is 5.56 Å². The van der Waals surface area contributed by atoms with Crippen molar-refractivity contribution in [1.29, 1.82) is 0 Å². The van der Waals surface area contributed by atoms with E-state index in [9.17, 15) is 4.79 Å². The van der Waals surface area contributed by atoms with E-state index in [1.165, 1.54) is 0 Å². The third-order valence-electron chi connectivity index (χ3n) is 2.66. The molecule has 0 aliphatic carbocycles. The molecule has 2 N–H and O–H groups in total. The average molecular weight is 270 g/mol. The number of carbonyl (C=O) groups excluding carboxylic acids is 1. The summed E-state index contributed by atoms with van der Waals surface area (Å²) in [5.41, 5.74) is 6.14. The Morgan fingerprint density at radius 1 is 1.39 bits per heavy atom. The molecule has 0 heterocycles. The van der Waals surface area contributed by atoms with Gasteiger partial charge in [-0.1, -0.05) is 30.7 Å². The van der Waals surface area contributed by atoms with Crippen molar-refractivity contribution >= 4 is 17.6 Å². The van der Waals surface area contributed by atoms with Crippen molar-refractivity contribution in [1.82, 2.24) is 0 Å². The van der Waals surface area contributed by atoms with Crippen LogP contribution in [0.25, 0.3) is 0 Å². The highest BCUT2D eigenvalue weighted by atomic mass is 35.5. The van der Waals surface area contributed by atoms with Gasteiger partial charge in [0.25, 0.3) is 0 Å². The van der Waals surface area contributed by atoms with Gasteiger partial charge in [0.05, 0.1) is 0 Å². The van der Waals surface area contributed by atoms with Crippen LogP contribution < -0.4 is 5.73 Å². The Labute approximate surface area is 113 Å². The van der Waals surface area contributed by atoms with Gasteiger partial charge in [-0.15, -0.1) is 0 Å². The van der Waals surface area contributed by atoms with Gasteiger partial charge < -0.3 is 10.5 Å². The van der Waals surface area contributed by atoms with Crippen molar-refractivity contribution in [3.05, 3.63) is 34.9 Å². The molecule has 0 aromatic heterocycles. The van der Waals surface area contributed by atoms with Crippen molar-refractivity contribution in [2.24, 2.45) is 5.73 Å². The van der Waals surface area contributed by atoms with Crippen LogP contribution in [0.5, 0.6) is 0 Å². The summed E-state index contributed by atoms with van der Waals surface area (Å²) < 4.78 is 5.43. The van der Waals surface area contributed by atoms with Crippen LogP contribution in [0.15, 0.2) is 24.3 Å². The molecule has 0 spiro atoms. The van der Waals surface area contributed by atoms with Crippen molar-refractivity contribution in [2.45, 2.75) is 45.3 Å². The van der Waals surface area contributed by atoms with Gasteiger partial charge in [-0.3, -0.25) is 4.79 Å². The van der Waals surface area contributed by atoms with E-state index in [-0.39, 0.29) is 5.97 Å². The first-order chi connectivity index (χ1) is 8.34. The number of hydrogen-bond acceptors (Lipinski definition) is 3. The van der Waals surface area contributed by atoms with Gasteiger partial charge in [0.15, 0.2) is 0 Å². The molecular formula is C14H20ClNO2. The molecule has 0 saturated carbocycles. The molecule has 1 atom stereocenters. The van der Waals surface area contributed by atoms with E-state index in [0.29, 0.717) is 17.9 Å². The van der Waals surface area contributed by atoms with Gasteiger partial charge in [-0.05, 0) is 38.0 Å². The van der Waals surface area contributed by atoms with Crippen LogP contribution in [0.1, 0.15) is 32.8 Å². The zero-order valence-corrected chi connectivity index (χ0v) is 11.8. The number of benzene rings is 1. The lowest BCUT2D eigenvalue weighted by Crippen LogP contribution is -2.39. The molecule has 1 unspecified atom stereocenters. The first-order valence-electron chi connectivity index (χ1n) is 6.07. The predicted molar refractivity (Wildman–Crippen MR) is 73.6 cm³/mol. The van der Waals surface area contributed by atoms with Crippen LogP contribution in [0.4, 0.5) is 0 Å². The van der Waals surface area contributed by atoms with Crippen molar-refractivity contribution in [2.75, 3.05) is 0 Å². The Balaban J connectivity index is 2.64. The van der Waals surface area contributed by atoms with Crippen molar-refractivity contribution < 1.29 is 9.53 Å². The molecule has 0 aliphatic rings. The molecule has 0 fully saturated rings. The molecule has 0 saturated heterocycles. The van der Waals surface area contributed by atoms with Crippen LogP contribution in [0, 0.1) is 0 Å². The van der Waals surface area contributed by atoms with Gasteiger partial charge in [0.1, 0.15) is 11.6 Å². The number of nitrogens with two attached hydrogens (primary N) is 1. The van der Waals surface area contributed by atoms with E-state index in [1.807, 2.05) is 45.0 Å². The molecule has 18 heavy (non-hydrogen) atoms. The van der Waals surface area contributed by atoms with Crippen LogP contribution in [0.2, 0.25) is 5.02 Å². The number of carbonyl (C=O) groups is 1. The molecular weight excluding hydrogens is 250 g/mol. The fourth-order valence-electron chi connectivity index (χ4n) is 1.64. The highest BCUT2D eigenvalue weighted by Gasteiger charge is 2.25. The van der Waals surface area contributed by atoms with Crippen LogP contribution in [0.3, 0.4) is 0 Å². The summed E-state index contributed by atoms with van der Waals surface area (Å²) in [4.78, 5) is 11.7. The van der Waals surface area contributed by atoms with E-state index < -0.39 is 11.6 Å². The second-order valence-electron chi connectivity index (χ2n) is 5.00. The number of hydrogen-bond donors (Lipinski definition) is 1. The highest BCUT2D eigenvalue weighted by Crippen LogP contribution is 2.19. The van der Waals surface area contributed by atoms with Crippen LogP contribution in [-0.4, -0.2) is 17.6 Å². The summed E-state index contributed by atoms with van der Waals surface area (Å²) in [6.07, 6.45) is 1.21. The quantitative estimate of drug-likeness (QED) is 0.836. The average Bonchev–Trinajstić information content (AvgIpc) is 2.30. The van der Waals surface area contributed by atoms with Gasteiger partial charge in [0, 0.05) is 11.4 Å². The maximum Gasteiger partial charge on any atom is 0.323 e. The maximum atomic E-state index is 11.7. The molecule has 0 bridgehead atoms. The monoisotopic (exact) mass is 269 g/mol. The molecule has 0 aliphatic heterocycles. The van der Waals surface area contributed by atoms with Gasteiger partial charge >= 0.3 is 5.97 Å². The summed E-state index contributed by atoms with van der Waals surface area (Å²) in [6.45, 7) is 5.61. The van der Waals surface area contributed by atoms with Crippen molar-refractivity contribution in [3.8, 4) is 0 Å². The molecule has 1 rings (SSSR count). The molecule has 3 nitrogen and oxygen atoms in total. The standard InChI is InChI=1S/C14H20ClNO2/c1-4-12(16)13(17)18-14(2,3)9-10-5-7-11(15)8-6-10/h5-8,12H,4,9,16H2,1-3H3. The molecule has 1 aromatic rings. The summed E-state index contributed by atoms with van der Waals surface area (Å²) in [5.74, 6) is -0.350. The van der Waals surface area contributed by atoms with E-state index in [2.05, 4.69) is 0 Å². The molecule has 1 aromatic carbocycles. The molecule has 4 heteroatoms. The Morgan fingerprint density at radius 2 is 1.94 bits per heavy atom. The summed E-state index contributed by atoms with van der Waals surface area (Å²) in [5, 5.41) is 0.696. The van der Waals surface area contributed by atoms with Crippen molar-refractivity contribution in [3.63, 3.8) is 0 Å². The summed E-state index contributed by atoms with van der Waals surface area (Å²) in [6, 6.07) is 6.96. The predicted octanol–water partition coefficient (Wildman–Crippen LogP) is 2.94. The van der Waals surface area contributed by atoms with Crippen LogP contribution >= 0.6 is 11.6 Å². The largest absolute Gasteiger partial charge is 0.458 e. The smallest absolute Gasteiger partial charge is 0.323 e. The fraction of sp³-hybridized carbons (Fsp3) is 0.500. The minimum Gasteiger partial charge on any atom is -0.458 e. The molecule has 100 valence electrons. The third kappa shape index (κ3) is 4.67. The SMILES string of the molecule is CCC(N)C(=O)OC(C)(C)Cc1ccc(Cl)cc1. The first kappa shape index (κ1) is 15.0. The Hall–Kier alpha value is -1.06. The topological polar surface area (TPSA) is 52.3 Å². The highest BCUT2D eigenvalue weighted by molar-refractivity contribution is 6.30. The second kappa shape index (κ2) is 6.21. The minimum atomic E-state index is -0.572. The van der Waals surface area contributed by atoms with E-state index >= 15 is 0 Å². The lowest BCUT2D eigenvalue weighted by molar-refractivity contribution is -0.158. The van der Waals surface area contributed by atoms with Gasteiger partial charge in [-0.2, -0.15) is 0 Å². The number of ether oxygens (including phenoxy) is 1. The number of rotatable bonds is 5. The van der Waals surface area contributed by atoms with E-state index in [4.69, 9.17) is 22.1 Å². The normalized spacial score (nSPS) is 13.2. The lowest BCUT2D eigenvalue weighted by atomic mass is 9.98. The number of halogens is 1. The molecule has 0 amide bonds. The van der Waals surface area contributed by atoms with E-state index in [1.54, 1.807) is 0 Å². The fourth-order valence-corrected chi connectivity index (χ4v) is 1.77. The number of esters is 1. The Kier molecular flexibility index (Phi) is 5.17.